The van der Waals surface area contributed by atoms with E-state index in [0.717, 1.165) is 55.4 Å². The predicted octanol–water partition coefficient (Wildman–Crippen LogP) is 3.78. The smallest absolute Gasteiger partial charge is 0.336 e. The Morgan fingerprint density at radius 1 is 1.23 bits per heavy atom. The van der Waals surface area contributed by atoms with Crippen molar-refractivity contribution in [1.82, 2.24) is 4.90 Å². The van der Waals surface area contributed by atoms with Gasteiger partial charge in [0, 0.05) is 37.0 Å². The number of hydrogen-bond acceptors (Lipinski definition) is 4. The molecule has 2 aromatic rings. The lowest BCUT2D eigenvalue weighted by Gasteiger charge is -2.40. The molecule has 2 aliphatic rings. The van der Waals surface area contributed by atoms with Crippen LogP contribution in [-0.4, -0.2) is 28.7 Å². The van der Waals surface area contributed by atoms with Crippen LogP contribution in [-0.2, 0) is 6.54 Å². The van der Waals surface area contributed by atoms with E-state index in [4.69, 9.17) is 4.42 Å². The van der Waals surface area contributed by atoms with Crippen LogP contribution < -0.4 is 5.63 Å². The van der Waals surface area contributed by atoms with Crippen LogP contribution >= 0.6 is 0 Å². The molecule has 1 aliphatic carbocycles. The molecule has 26 heavy (non-hydrogen) atoms. The second-order valence-corrected chi connectivity index (χ2v) is 8.43. The van der Waals surface area contributed by atoms with Crippen LogP contribution in [0.3, 0.4) is 0 Å². The van der Waals surface area contributed by atoms with Crippen molar-refractivity contribution in [2.24, 2.45) is 11.8 Å². The van der Waals surface area contributed by atoms with Crippen LogP contribution in [0, 0.1) is 25.7 Å². The van der Waals surface area contributed by atoms with E-state index in [-0.39, 0.29) is 5.63 Å². The molecule has 4 rings (SSSR count). The van der Waals surface area contributed by atoms with Crippen molar-refractivity contribution in [3.05, 3.63) is 45.3 Å². The summed E-state index contributed by atoms with van der Waals surface area (Å²) in [5.41, 5.74) is 3.28. The Labute approximate surface area is 154 Å². The zero-order valence-electron chi connectivity index (χ0n) is 16.0. The molecule has 4 heteroatoms. The van der Waals surface area contributed by atoms with Crippen LogP contribution in [0.15, 0.2) is 27.4 Å². The van der Waals surface area contributed by atoms with Gasteiger partial charge in [-0.15, -0.1) is 0 Å². The second-order valence-electron chi connectivity index (χ2n) is 8.43. The third kappa shape index (κ3) is 2.99. The van der Waals surface area contributed by atoms with Gasteiger partial charge in [0.1, 0.15) is 5.58 Å². The minimum absolute atomic E-state index is 0.280. The van der Waals surface area contributed by atoms with Crippen molar-refractivity contribution in [2.45, 2.75) is 58.6 Å². The standard InChI is InChI=1S/C22H29NO3/c1-4-22(25)7-5-6-16-11-23(13-19(16)22)12-17-10-21(24)26-20-9-15(3)14(2)8-18(17)20/h8-10,16,19,25H,4-7,11-13H2,1-3H3/t16-,19+,22-/m0/s1. The molecule has 1 aromatic heterocycles. The molecule has 1 N–H and O–H groups in total. The molecule has 1 saturated carbocycles. The summed E-state index contributed by atoms with van der Waals surface area (Å²) in [4.78, 5) is 14.5. The zero-order chi connectivity index (χ0) is 18.5. The molecule has 0 unspecified atom stereocenters. The molecular weight excluding hydrogens is 326 g/mol. The SMILES string of the molecule is CC[C@]1(O)CCC[C@H]2CN(Cc3cc(=O)oc4cc(C)c(C)cc34)C[C@H]21. The maximum atomic E-state index is 12.0. The largest absolute Gasteiger partial charge is 0.423 e. The molecule has 2 heterocycles. The van der Waals surface area contributed by atoms with E-state index in [9.17, 15) is 9.90 Å². The summed E-state index contributed by atoms with van der Waals surface area (Å²) in [5, 5.41) is 12.1. The van der Waals surface area contributed by atoms with Gasteiger partial charge in [-0.3, -0.25) is 4.90 Å². The van der Waals surface area contributed by atoms with E-state index in [1.165, 1.54) is 12.0 Å². The summed E-state index contributed by atoms with van der Waals surface area (Å²) >= 11 is 0. The minimum Gasteiger partial charge on any atom is -0.423 e. The Morgan fingerprint density at radius 2 is 2.00 bits per heavy atom. The lowest BCUT2D eigenvalue weighted by Crippen LogP contribution is -2.44. The first-order valence-corrected chi connectivity index (χ1v) is 9.88. The molecule has 0 radical (unpaired) electrons. The lowest BCUT2D eigenvalue weighted by molar-refractivity contribution is -0.0613. The first-order chi connectivity index (χ1) is 12.4. The fraction of sp³-hybridized carbons (Fsp3) is 0.591. The second kappa shape index (κ2) is 6.50. The Morgan fingerprint density at radius 3 is 2.77 bits per heavy atom. The third-order valence-corrected chi connectivity index (χ3v) is 6.84. The van der Waals surface area contributed by atoms with Crippen molar-refractivity contribution in [3.8, 4) is 0 Å². The van der Waals surface area contributed by atoms with Crippen molar-refractivity contribution in [3.63, 3.8) is 0 Å². The maximum Gasteiger partial charge on any atom is 0.336 e. The Bertz CT molecular complexity index is 887. The number of likely N-dealkylation sites (tertiary alicyclic amines) is 1. The summed E-state index contributed by atoms with van der Waals surface area (Å²) in [6.45, 7) is 8.91. The monoisotopic (exact) mass is 355 g/mol. The van der Waals surface area contributed by atoms with Gasteiger partial charge in [0.25, 0.3) is 0 Å². The lowest BCUT2D eigenvalue weighted by atomic mass is 9.69. The molecular formula is C22H29NO3. The van der Waals surface area contributed by atoms with Gasteiger partial charge in [0.15, 0.2) is 0 Å². The first kappa shape index (κ1) is 17.7. The number of rotatable bonds is 3. The summed E-state index contributed by atoms with van der Waals surface area (Å²) in [6, 6.07) is 5.74. The minimum atomic E-state index is -0.511. The van der Waals surface area contributed by atoms with Crippen LogP contribution in [0.5, 0.6) is 0 Å². The number of nitrogens with zero attached hydrogens (tertiary/aromatic N) is 1. The average molecular weight is 355 g/mol. The third-order valence-electron chi connectivity index (χ3n) is 6.84. The van der Waals surface area contributed by atoms with Gasteiger partial charge < -0.3 is 9.52 Å². The highest BCUT2D eigenvalue weighted by Gasteiger charge is 2.47. The fourth-order valence-corrected chi connectivity index (χ4v) is 5.14. The number of hydrogen-bond donors (Lipinski definition) is 1. The molecule has 4 nitrogen and oxygen atoms in total. The molecule has 3 atom stereocenters. The normalized spacial score (nSPS) is 29.2. The van der Waals surface area contributed by atoms with Gasteiger partial charge in [-0.2, -0.15) is 0 Å². The summed E-state index contributed by atoms with van der Waals surface area (Å²) in [7, 11) is 0. The van der Waals surface area contributed by atoms with Gasteiger partial charge in [0.2, 0.25) is 0 Å². The Hall–Kier alpha value is -1.65. The molecule has 140 valence electrons. The van der Waals surface area contributed by atoms with Gasteiger partial charge >= 0.3 is 5.63 Å². The number of aliphatic hydroxyl groups is 1. The molecule has 1 aromatic carbocycles. The molecule has 0 spiro atoms. The predicted molar refractivity (Wildman–Crippen MR) is 103 cm³/mol. The molecule has 1 aliphatic heterocycles. The van der Waals surface area contributed by atoms with E-state index in [0.29, 0.717) is 17.4 Å². The average Bonchev–Trinajstić information content (AvgIpc) is 3.01. The quantitative estimate of drug-likeness (QED) is 0.851. The zero-order valence-corrected chi connectivity index (χ0v) is 16.0. The number of fused-ring (bicyclic) bond motifs is 2. The summed E-state index contributed by atoms with van der Waals surface area (Å²) in [5.74, 6) is 0.931. The van der Waals surface area contributed by atoms with E-state index < -0.39 is 5.60 Å². The highest BCUT2D eigenvalue weighted by molar-refractivity contribution is 5.81. The number of aryl methyl sites for hydroxylation is 2. The van der Waals surface area contributed by atoms with Crippen molar-refractivity contribution in [1.29, 1.82) is 0 Å². The van der Waals surface area contributed by atoms with Gasteiger partial charge in [-0.05, 0) is 67.9 Å². The van der Waals surface area contributed by atoms with E-state index in [2.05, 4.69) is 24.8 Å². The highest BCUT2D eigenvalue weighted by atomic mass is 16.4. The van der Waals surface area contributed by atoms with Crippen molar-refractivity contribution >= 4 is 11.0 Å². The summed E-state index contributed by atoms with van der Waals surface area (Å²) in [6.07, 6.45) is 4.09. The van der Waals surface area contributed by atoms with E-state index in [1.54, 1.807) is 6.07 Å². The Balaban J connectivity index is 1.64. The first-order valence-electron chi connectivity index (χ1n) is 9.88. The fourth-order valence-electron chi connectivity index (χ4n) is 5.14. The van der Waals surface area contributed by atoms with Gasteiger partial charge in [-0.25, -0.2) is 4.79 Å². The maximum absolute atomic E-state index is 12.0. The van der Waals surface area contributed by atoms with Crippen molar-refractivity contribution < 1.29 is 9.52 Å². The van der Waals surface area contributed by atoms with Crippen LogP contribution in [0.1, 0.15) is 49.3 Å². The van der Waals surface area contributed by atoms with E-state index >= 15 is 0 Å². The van der Waals surface area contributed by atoms with E-state index in [1.807, 2.05) is 13.0 Å². The molecule has 0 bridgehead atoms. The van der Waals surface area contributed by atoms with Crippen LogP contribution in [0.4, 0.5) is 0 Å². The van der Waals surface area contributed by atoms with Crippen LogP contribution in [0.25, 0.3) is 11.0 Å². The highest BCUT2D eigenvalue weighted by Crippen LogP contribution is 2.44. The summed E-state index contributed by atoms with van der Waals surface area (Å²) < 4.78 is 5.43. The number of benzene rings is 1. The van der Waals surface area contributed by atoms with Gasteiger partial charge in [0.05, 0.1) is 5.60 Å². The van der Waals surface area contributed by atoms with Crippen molar-refractivity contribution in [2.75, 3.05) is 13.1 Å². The topological polar surface area (TPSA) is 53.7 Å². The Kier molecular flexibility index (Phi) is 4.44. The van der Waals surface area contributed by atoms with Gasteiger partial charge in [-0.1, -0.05) is 13.3 Å². The molecule has 2 fully saturated rings. The van der Waals surface area contributed by atoms with Crippen LogP contribution in [0.2, 0.25) is 0 Å². The molecule has 0 amide bonds. The molecule has 1 saturated heterocycles.